The van der Waals surface area contributed by atoms with E-state index in [1.165, 1.54) is 11.1 Å². The highest BCUT2D eigenvalue weighted by Crippen LogP contribution is 2.21. The standard InChI is InChI=1S/C23H24N4O.HI/c1-3-18-8-7-11-21(16-18)26-22(28)17-25-23(24-2)27-14-12-20(13-15-27)19-9-5-4-6-10-19;/h1,4-12,16H,13-15,17H2,2H3,(H,24,25)(H,26,28);1H. The molecule has 0 saturated carbocycles. The molecule has 6 heteroatoms. The average Bonchev–Trinajstić information content (AvgIpc) is 2.75. The number of rotatable bonds is 4. The number of halogens is 1. The lowest BCUT2D eigenvalue weighted by Crippen LogP contribution is -2.45. The van der Waals surface area contributed by atoms with E-state index in [2.05, 4.69) is 56.8 Å². The maximum atomic E-state index is 12.2. The second kappa shape index (κ2) is 11.3. The van der Waals surface area contributed by atoms with Crippen LogP contribution in [0.5, 0.6) is 0 Å². The summed E-state index contributed by atoms with van der Waals surface area (Å²) in [6.45, 7) is 1.75. The van der Waals surface area contributed by atoms with Crippen LogP contribution in [0.3, 0.4) is 0 Å². The third kappa shape index (κ3) is 6.36. The largest absolute Gasteiger partial charge is 0.347 e. The highest BCUT2D eigenvalue weighted by Gasteiger charge is 2.16. The number of nitrogens with zero attached hydrogens (tertiary/aromatic N) is 2. The van der Waals surface area contributed by atoms with Crippen molar-refractivity contribution >= 4 is 47.1 Å². The SMILES string of the molecule is C#Cc1cccc(NC(=O)CNC(=NC)N2CC=C(c3ccccc3)CC2)c1.I. The van der Waals surface area contributed by atoms with E-state index in [0.29, 0.717) is 5.69 Å². The van der Waals surface area contributed by atoms with Crippen LogP contribution in [0.1, 0.15) is 17.5 Å². The lowest BCUT2D eigenvalue weighted by molar-refractivity contribution is -0.115. The van der Waals surface area contributed by atoms with Gasteiger partial charge < -0.3 is 15.5 Å². The summed E-state index contributed by atoms with van der Waals surface area (Å²) >= 11 is 0. The van der Waals surface area contributed by atoms with Gasteiger partial charge in [0.05, 0.1) is 6.54 Å². The minimum Gasteiger partial charge on any atom is -0.347 e. The number of hydrogen-bond donors (Lipinski definition) is 2. The number of anilines is 1. The van der Waals surface area contributed by atoms with Gasteiger partial charge in [-0.15, -0.1) is 30.4 Å². The Morgan fingerprint density at radius 2 is 2.00 bits per heavy atom. The van der Waals surface area contributed by atoms with Crippen LogP contribution in [0.2, 0.25) is 0 Å². The van der Waals surface area contributed by atoms with Crippen LogP contribution in [-0.2, 0) is 4.79 Å². The summed E-state index contributed by atoms with van der Waals surface area (Å²) in [5.41, 5.74) is 4.03. The van der Waals surface area contributed by atoms with E-state index in [0.717, 1.165) is 31.0 Å². The molecule has 150 valence electrons. The molecular weight excluding hydrogens is 475 g/mol. The Morgan fingerprint density at radius 1 is 1.21 bits per heavy atom. The van der Waals surface area contributed by atoms with Gasteiger partial charge in [-0.05, 0) is 35.8 Å². The van der Waals surface area contributed by atoms with Gasteiger partial charge in [-0.1, -0.05) is 48.4 Å². The first-order valence-electron chi connectivity index (χ1n) is 9.26. The monoisotopic (exact) mass is 500 g/mol. The minimum absolute atomic E-state index is 0. The zero-order valence-corrected chi connectivity index (χ0v) is 18.7. The summed E-state index contributed by atoms with van der Waals surface area (Å²) in [5, 5.41) is 5.98. The highest BCUT2D eigenvalue weighted by molar-refractivity contribution is 14.0. The molecule has 0 fully saturated rings. The van der Waals surface area contributed by atoms with Crippen molar-refractivity contribution in [1.29, 1.82) is 0 Å². The lowest BCUT2D eigenvalue weighted by Gasteiger charge is -2.29. The number of terminal acetylenes is 1. The van der Waals surface area contributed by atoms with Gasteiger partial charge >= 0.3 is 0 Å². The van der Waals surface area contributed by atoms with Gasteiger partial charge in [-0.3, -0.25) is 9.79 Å². The van der Waals surface area contributed by atoms with Crippen molar-refractivity contribution in [2.24, 2.45) is 4.99 Å². The smallest absolute Gasteiger partial charge is 0.243 e. The molecule has 0 saturated heterocycles. The Kier molecular flexibility index (Phi) is 8.74. The molecule has 2 aromatic carbocycles. The molecule has 3 rings (SSSR count). The lowest BCUT2D eigenvalue weighted by atomic mass is 10.00. The molecule has 0 aromatic heterocycles. The van der Waals surface area contributed by atoms with E-state index in [1.807, 2.05) is 24.3 Å². The first-order chi connectivity index (χ1) is 13.7. The molecule has 29 heavy (non-hydrogen) atoms. The van der Waals surface area contributed by atoms with Crippen LogP contribution in [0.25, 0.3) is 5.57 Å². The number of nitrogens with one attached hydrogen (secondary N) is 2. The third-order valence-corrected chi connectivity index (χ3v) is 4.59. The van der Waals surface area contributed by atoms with Gasteiger partial charge in [0.2, 0.25) is 5.91 Å². The second-order valence-corrected chi connectivity index (χ2v) is 6.47. The fourth-order valence-corrected chi connectivity index (χ4v) is 3.16. The molecular formula is C23H25IN4O. The third-order valence-electron chi connectivity index (χ3n) is 4.59. The zero-order chi connectivity index (χ0) is 19.8. The quantitative estimate of drug-likeness (QED) is 0.292. The van der Waals surface area contributed by atoms with Crippen molar-refractivity contribution in [2.75, 3.05) is 32.0 Å². The van der Waals surface area contributed by atoms with Crippen molar-refractivity contribution < 1.29 is 4.79 Å². The van der Waals surface area contributed by atoms with Crippen LogP contribution in [-0.4, -0.2) is 43.4 Å². The Bertz CT molecular complexity index is 931. The average molecular weight is 500 g/mol. The summed E-state index contributed by atoms with van der Waals surface area (Å²) in [4.78, 5) is 18.7. The summed E-state index contributed by atoms with van der Waals surface area (Å²) in [6.07, 6.45) is 8.55. The first-order valence-corrected chi connectivity index (χ1v) is 9.26. The molecule has 1 amide bonds. The van der Waals surface area contributed by atoms with E-state index in [1.54, 1.807) is 13.1 Å². The number of guanidine groups is 1. The molecule has 0 spiro atoms. The fourth-order valence-electron chi connectivity index (χ4n) is 3.16. The van der Waals surface area contributed by atoms with Crippen LogP contribution in [0.4, 0.5) is 5.69 Å². The van der Waals surface area contributed by atoms with E-state index in [-0.39, 0.29) is 36.4 Å². The number of aliphatic imine (C=N–C) groups is 1. The Balaban J connectivity index is 0.00000300. The molecule has 1 aliphatic heterocycles. The summed E-state index contributed by atoms with van der Waals surface area (Å²) in [6, 6.07) is 17.6. The Hall–Kier alpha value is -2.79. The molecule has 1 heterocycles. The van der Waals surface area contributed by atoms with Crippen molar-refractivity contribution in [3.8, 4) is 12.3 Å². The van der Waals surface area contributed by atoms with E-state index < -0.39 is 0 Å². The number of carbonyl (C=O) groups is 1. The maximum Gasteiger partial charge on any atom is 0.243 e. The van der Waals surface area contributed by atoms with Gasteiger partial charge in [0, 0.05) is 31.4 Å². The predicted octanol–water partition coefficient (Wildman–Crippen LogP) is 3.59. The first kappa shape index (κ1) is 22.5. The molecule has 0 bridgehead atoms. The van der Waals surface area contributed by atoms with Crippen molar-refractivity contribution in [3.63, 3.8) is 0 Å². The van der Waals surface area contributed by atoms with Crippen molar-refractivity contribution in [1.82, 2.24) is 10.2 Å². The molecule has 0 aliphatic carbocycles. The molecule has 0 atom stereocenters. The summed E-state index contributed by atoms with van der Waals surface area (Å²) < 4.78 is 0. The van der Waals surface area contributed by atoms with Gasteiger partial charge in [0.1, 0.15) is 0 Å². The van der Waals surface area contributed by atoms with Crippen LogP contribution < -0.4 is 10.6 Å². The summed E-state index contributed by atoms with van der Waals surface area (Å²) in [5.74, 6) is 3.13. The minimum atomic E-state index is -0.146. The highest BCUT2D eigenvalue weighted by atomic mass is 127. The number of carbonyl (C=O) groups excluding carboxylic acids is 1. The molecule has 0 radical (unpaired) electrons. The molecule has 0 unspecified atom stereocenters. The van der Waals surface area contributed by atoms with Gasteiger partial charge in [-0.2, -0.15) is 0 Å². The van der Waals surface area contributed by atoms with E-state index in [4.69, 9.17) is 6.42 Å². The molecule has 5 nitrogen and oxygen atoms in total. The van der Waals surface area contributed by atoms with Crippen molar-refractivity contribution in [3.05, 3.63) is 71.8 Å². The number of hydrogen-bond acceptors (Lipinski definition) is 2. The van der Waals surface area contributed by atoms with Crippen molar-refractivity contribution in [2.45, 2.75) is 6.42 Å². The van der Waals surface area contributed by atoms with Gasteiger partial charge in [-0.25, -0.2) is 0 Å². The normalized spacial score (nSPS) is 13.6. The predicted molar refractivity (Wildman–Crippen MR) is 130 cm³/mol. The fraction of sp³-hybridized carbons (Fsp3) is 0.217. The topological polar surface area (TPSA) is 56.7 Å². The van der Waals surface area contributed by atoms with Gasteiger partial charge in [0.15, 0.2) is 5.96 Å². The molecule has 2 aromatic rings. The van der Waals surface area contributed by atoms with E-state index in [9.17, 15) is 4.79 Å². The molecule has 1 aliphatic rings. The Labute approximate surface area is 189 Å². The van der Waals surface area contributed by atoms with Gasteiger partial charge in [0.25, 0.3) is 0 Å². The summed E-state index contributed by atoms with van der Waals surface area (Å²) in [7, 11) is 1.73. The molecule has 2 N–H and O–H groups in total. The van der Waals surface area contributed by atoms with Crippen LogP contribution in [0.15, 0.2) is 65.7 Å². The second-order valence-electron chi connectivity index (χ2n) is 6.47. The maximum absolute atomic E-state index is 12.2. The number of benzene rings is 2. The van der Waals surface area contributed by atoms with Crippen LogP contribution in [0, 0.1) is 12.3 Å². The Morgan fingerprint density at radius 3 is 2.66 bits per heavy atom. The van der Waals surface area contributed by atoms with Crippen LogP contribution >= 0.6 is 24.0 Å². The van der Waals surface area contributed by atoms with E-state index >= 15 is 0 Å². The number of amides is 1. The zero-order valence-electron chi connectivity index (χ0n) is 16.4.